The van der Waals surface area contributed by atoms with Gasteiger partial charge >= 0.3 is 0 Å². The molecule has 2 rings (SSSR count). The molecule has 1 unspecified atom stereocenters. The van der Waals surface area contributed by atoms with Crippen LogP contribution in [-0.2, 0) is 0 Å². The van der Waals surface area contributed by atoms with E-state index in [9.17, 15) is 0 Å². The van der Waals surface area contributed by atoms with Crippen molar-refractivity contribution in [2.24, 2.45) is 0 Å². The summed E-state index contributed by atoms with van der Waals surface area (Å²) in [6.07, 6.45) is 0. The molecule has 1 N–H and O–H groups in total. The Balaban J connectivity index is 2.13. The molecule has 0 fully saturated rings. The Morgan fingerprint density at radius 3 is 2.32 bits per heavy atom. The monoisotopic (exact) mass is 383 g/mol. The van der Waals surface area contributed by atoms with Gasteiger partial charge in [-0.3, -0.25) is 0 Å². The van der Waals surface area contributed by atoms with Gasteiger partial charge < -0.3 is 10.1 Å². The van der Waals surface area contributed by atoms with E-state index in [1.807, 2.05) is 18.2 Å². The molecule has 0 saturated carbocycles. The molecule has 2 nitrogen and oxygen atoms in total. The molecule has 2 aromatic rings. The van der Waals surface area contributed by atoms with E-state index in [2.05, 4.69) is 68.4 Å². The molecule has 0 saturated heterocycles. The molecule has 2 aromatic carbocycles. The van der Waals surface area contributed by atoms with Crippen LogP contribution in [0.15, 0.2) is 51.4 Å². The fourth-order valence-electron chi connectivity index (χ4n) is 1.83. The van der Waals surface area contributed by atoms with Crippen LogP contribution < -0.4 is 10.1 Å². The Bertz CT molecular complexity index is 555. The van der Waals surface area contributed by atoms with Crippen molar-refractivity contribution < 1.29 is 4.74 Å². The first-order valence-electron chi connectivity index (χ1n) is 5.95. The zero-order valence-electron chi connectivity index (χ0n) is 10.8. The molecule has 4 heteroatoms. The van der Waals surface area contributed by atoms with Crippen LogP contribution in [0.3, 0.4) is 0 Å². The second kappa shape index (κ2) is 6.44. The third-order valence-electron chi connectivity index (χ3n) is 2.90. The van der Waals surface area contributed by atoms with Crippen molar-refractivity contribution >= 4 is 37.5 Å². The highest BCUT2D eigenvalue weighted by Crippen LogP contribution is 2.29. The summed E-state index contributed by atoms with van der Waals surface area (Å²) >= 11 is 6.95. The molecule has 100 valence electrons. The molecule has 19 heavy (non-hydrogen) atoms. The van der Waals surface area contributed by atoms with Crippen molar-refractivity contribution in [3.8, 4) is 5.75 Å². The van der Waals surface area contributed by atoms with Crippen molar-refractivity contribution in [2.75, 3.05) is 12.4 Å². The minimum absolute atomic E-state index is 0.225. The van der Waals surface area contributed by atoms with E-state index in [0.29, 0.717) is 0 Å². The van der Waals surface area contributed by atoms with Gasteiger partial charge in [-0.15, -0.1) is 0 Å². The Morgan fingerprint density at radius 2 is 1.74 bits per heavy atom. The normalized spacial score (nSPS) is 12.0. The third-order valence-corrected chi connectivity index (χ3v) is 4.05. The first-order chi connectivity index (χ1) is 9.10. The summed E-state index contributed by atoms with van der Waals surface area (Å²) in [7, 11) is 1.67. The molecule has 0 aliphatic rings. The Hall–Kier alpha value is -1.000. The summed E-state index contributed by atoms with van der Waals surface area (Å²) in [5.41, 5.74) is 2.30. The maximum atomic E-state index is 5.24. The van der Waals surface area contributed by atoms with Crippen LogP contribution in [0.5, 0.6) is 5.75 Å². The highest BCUT2D eigenvalue weighted by molar-refractivity contribution is 9.10. The first kappa shape index (κ1) is 14.4. The average molecular weight is 385 g/mol. The zero-order chi connectivity index (χ0) is 13.8. The molecular formula is C15H15Br2NO. The average Bonchev–Trinajstić information content (AvgIpc) is 2.41. The van der Waals surface area contributed by atoms with Gasteiger partial charge in [0, 0.05) is 16.2 Å². The maximum Gasteiger partial charge on any atom is 0.133 e. The minimum atomic E-state index is 0.225. The van der Waals surface area contributed by atoms with E-state index in [1.165, 1.54) is 5.56 Å². The van der Waals surface area contributed by atoms with E-state index in [0.717, 1.165) is 20.4 Å². The van der Waals surface area contributed by atoms with E-state index in [1.54, 1.807) is 7.11 Å². The minimum Gasteiger partial charge on any atom is -0.496 e. The predicted molar refractivity (Wildman–Crippen MR) is 86.9 cm³/mol. The summed E-state index contributed by atoms with van der Waals surface area (Å²) in [6.45, 7) is 2.14. The van der Waals surface area contributed by atoms with E-state index in [4.69, 9.17) is 4.74 Å². The van der Waals surface area contributed by atoms with Gasteiger partial charge in [0.05, 0.1) is 11.6 Å². The SMILES string of the molecule is COc1ccc(C(C)Nc2ccc(Br)cc2)cc1Br. The Kier molecular flexibility index (Phi) is 4.88. The van der Waals surface area contributed by atoms with Crippen LogP contribution in [0.1, 0.15) is 18.5 Å². The fraction of sp³-hybridized carbons (Fsp3) is 0.200. The number of rotatable bonds is 4. The molecular weight excluding hydrogens is 370 g/mol. The van der Waals surface area contributed by atoms with Crippen LogP contribution in [0.2, 0.25) is 0 Å². The van der Waals surface area contributed by atoms with Gasteiger partial charge in [-0.2, -0.15) is 0 Å². The fourth-order valence-corrected chi connectivity index (χ4v) is 2.65. The maximum absolute atomic E-state index is 5.24. The number of methoxy groups -OCH3 is 1. The first-order valence-corrected chi connectivity index (χ1v) is 7.54. The van der Waals surface area contributed by atoms with Crippen LogP contribution in [-0.4, -0.2) is 7.11 Å². The van der Waals surface area contributed by atoms with Gasteiger partial charge in [0.15, 0.2) is 0 Å². The summed E-state index contributed by atoms with van der Waals surface area (Å²) in [5.74, 6) is 0.847. The second-order valence-corrected chi connectivity index (χ2v) is 6.04. The number of hydrogen-bond acceptors (Lipinski definition) is 2. The molecule has 1 atom stereocenters. The number of hydrogen-bond donors (Lipinski definition) is 1. The lowest BCUT2D eigenvalue weighted by atomic mass is 10.1. The van der Waals surface area contributed by atoms with Gasteiger partial charge in [-0.25, -0.2) is 0 Å². The molecule has 0 amide bonds. The van der Waals surface area contributed by atoms with Crippen LogP contribution in [0.25, 0.3) is 0 Å². The van der Waals surface area contributed by atoms with Gasteiger partial charge in [-0.1, -0.05) is 22.0 Å². The molecule has 0 aliphatic heterocycles. The zero-order valence-corrected chi connectivity index (χ0v) is 14.0. The van der Waals surface area contributed by atoms with Crippen LogP contribution in [0, 0.1) is 0 Å². The topological polar surface area (TPSA) is 21.3 Å². The van der Waals surface area contributed by atoms with E-state index >= 15 is 0 Å². The molecule has 0 bridgehead atoms. The van der Waals surface area contributed by atoms with Crippen molar-refractivity contribution in [1.82, 2.24) is 0 Å². The number of halogens is 2. The molecule has 0 heterocycles. The third kappa shape index (κ3) is 3.74. The largest absolute Gasteiger partial charge is 0.496 e. The lowest BCUT2D eigenvalue weighted by Gasteiger charge is -2.17. The van der Waals surface area contributed by atoms with E-state index < -0.39 is 0 Å². The molecule has 0 radical (unpaired) electrons. The molecule has 0 spiro atoms. The summed E-state index contributed by atoms with van der Waals surface area (Å²) < 4.78 is 7.29. The number of ether oxygens (including phenoxy) is 1. The lowest BCUT2D eigenvalue weighted by Crippen LogP contribution is -2.06. The molecule has 0 aliphatic carbocycles. The van der Waals surface area contributed by atoms with Crippen molar-refractivity contribution in [3.63, 3.8) is 0 Å². The number of benzene rings is 2. The van der Waals surface area contributed by atoms with Gasteiger partial charge in [0.25, 0.3) is 0 Å². The smallest absolute Gasteiger partial charge is 0.133 e. The predicted octanol–water partition coefficient (Wildman–Crippen LogP) is 5.39. The summed E-state index contributed by atoms with van der Waals surface area (Å²) in [6, 6.07) is 14.5. The van der Waals surface area contributed by atoms with Crippen molar-refractivity contribution in [1.29, 1.82) is 0 Å². The van der Waals surface area contributed by atoms with E-state index in [-0.39, 0.29) is 6.04 Å². The van der Waals surface area contributed by atoms with Crippen molar-refractivity contribution in [3.05, 3.63) is 57.0 Å². The summed E-state index contributed by atoms with van der Waals surface area (Å²) in [5, 5.41) is 3.47. The Labute approximate surface area is 130 Å². The van der Waals surface area contributed by atoms with Gasteiger partial charge in [-0.05, 0) is 64.8 Å². The van der Waals surface area contributed by atoms with Crippen molar-refractivity contribution in [2.45, 2.75) is 13.0 Å². The van der Waals surface area contributed by atoms with Gasteiger partial charge in [0.1, 0.15) is 5.75 Å². The number of nitrogens with one attached hydrogen (secondary N) is 1. The standard InChI is InChI=1S/C15H15Br2NO/c1-10(18-13-6-4-12(16)5-7-13)11-3-8-15(19-2)14(17)9-11/h3-10,18H,1-2H3. The van der Waals surface area contributed by atoms with Gasteiger partial charge in [0.2, 0.25) is 0 Å². The van der Waals surface area contributed by atoms with Crippen LogP contribution >= 0.6 is 31.9 Å². The Morgan fingerprint density at radius 1 is 1.05 bits per heavy atom. The quantitative estimate of drug-likeness (QED) is 0.762. The lowest BCUT2D eigenvalue weighted by molar-refractivity contribution is 0.412. The molecule has 0 aromatic heterocycles. The van der Waals surface area contributed by atoms with Crippen LogP contribution in [0.4, 0.5) is 5.69 Å². The summed E-state index contributed by atoms with van der Waals surface area (Å²) in [4.78, 5) is 0. The number of anilines is 1. The second-order valence-electron chi connectivity index (χ2n) is 4.27. The highest BCUT2D eigenvalue weighted by atomic mass is 79.9. The highest BCUT2D eigenvalue weighted by Gasteiger charge is 2.08.